The number of carbonyl (C=O) groups is 3. The largest absolute Gasteiger partial charge is 0.463 e. The number of aryl methyl sites for hydroxylation is 1. The molecular weight excluding hydrogens is 492 g/mol. The van der Waals surface area contributed by atoms with E-state index in [0.717, 1.165) is 12.0 Å². The van der Waals surface area contributed by atoms with Crippen LogP contribution in [0.25, 0.3) is 5.70 Å². The van der Waals surface area contributed by atoms with Gasteiger partial charge >= 0.3 is 18.0 Å². The molecule has 0 aliphatic carbocycles. The lowest BCUT2D eigenvalue weighted by Crippen LogP contribution is -2.48. The molecule has 3 aromatic rings. The summed E-state index contributed by atoms with van der Waals surface area (Å²) in [4.78, 5) is 41.0. The van der Waals surface area contributed by atoms with Gasteiger partial charge in [-0.05, 0) is 60.7 Å². The highest BCUT2D eigenvalue weighted by Gasteiger charge is 2.38. The number of nitrogens with zero attached hydrogens (tertiary/aromatic N) is 1. The van der Waals surface area contributed by atoms with Crippen LogP contribution in [0.5, 0.6) is 0 Å². The molecule has 0 bridgehead atoms. The highest BCUT2D eigenvalue weighted by atomic mass is 16.5. The zero-order valence-electron chi connectivity index (χ0n) is 22.5. The molecule has 8 heteroatoms. The van der Waals surface area contributed by atoms with Crippen LogP contribution >= 0.6 is 0 Å². The van der Waals surface area contributed by atoms with Crippen molar-refractivity contribution in [2.75, 3.05) is 23.8 Å². The Balaban J connectivity index is 1.69. The second-order valence-electron chi connectivity index (χ2n) is 9.14. The third-order valence-electron chi connectivity index (χ3n) is 6.41. The molecule has 1 unspecified atom stereocenters. The molecule has 39 heavy (non-hydrogen) atoms. The zero-order chi connectivity index (χ0) is 27.8. The lowest BCUT2D eigenvalue weighted by molar-refractivity contribution is -0.138. The molecule has 1 atom stereocenters. The van der Waals surface area contributed by atoms with Crippen LogP contribution in [-0.4, -0.2) is 36.1 Å². The van der Waals surface area contributed by atoms with Gasteiger partial charge < -0.3 is 20.7 Å². The Morgan fingerprint density at radius 3 is 2.28 bits per heavy atom. The van der Waals surface area contributed by atoms with E-state index in [9.17, 15) is 14.4 Å². The smallest absolute Gasteiger partial charge is 0.338 e. The summed E-state index contributed by atoms with van der Waals surface area (Å²) in [5.41, 5.74) is 4.63. The minimum atomic E-state index is -0.772. The first kappa shape index (κ1) is 27.4. The number of carbonyl (C=O) groups excluding carboxylic acids is 3. The maximum absolute atomic E-state index is 13.4. The monoisotopic (exact) mass is 526 g/mol. The van der Waals surface area contributed by atoms with Crippen molar-refractivity contribution in [3.05, 3.63) is 101 Å². The van der Waals surface area contributed by atoms with Crippen molar-refractivity contribution in [1.82, 2.24) is 10.2 Å². The van der Waals surface area contributed by atoms with Crippen LogP contribution in [0.4, 0.5) is 21.0 Å². The van der Waals surface area contributed by atoms with Gasteiger partial charge in [-0.3, -0.25) is 4.90 Å². The van der Waals surface area contributed by atoms with Gasteiger partial charge in [0.25, 0.3) is 0 Å². The van der Waals surface area contributed by atoms with Gasteiger partial charge in [0.05, 0.1) is 23.9 Å². The molecule has 202 valence electrons. The fourth-order valence-corrected chi connectivity index (χ4v) is 4.59. The summed E-state index contributed by atoms with van der Waals surface area (Å²) in [6.07, 6.45) is 1.63. The van der Waals surface area contributed by atoms with Crippen LogP contribution in [0.2, 0.25) is 0 Å². The number of amides is 4. The first-order chi connectivity index (χ1) is 18.9. The van der Waals surface area contributed by atoms with Gasteiger partial charge in [0.2, 0.25) is 0 Å². The van der Waals surface area contributed by atoms with E-state index in [1.165, 1.54) is 5.56 Å². The topological polar surface area (TPSA) is 99.8 Å². The van der Waals surface area contributed by atoms with Crippen molar-refractivity contribution < 1.29 is 19.1 Å². The van der Waals surface area contributed by atoms with E-state index < -0.39 is 18.0 Å². The number of hydrogen-bond acceptors (Lipinski definition) is 4. The van der Waals surface area contributed by atoms with Crippen LogP contribution in [-0.2, 0) is 16.0 Å². The summed E-state index contributed by atoms with van der Waals surface area (Å²) in [5.74, 6) is -0.505. The third-order valence-corrected chi connectivity index (χ3v) is 6.41. The molecule has 8 nitrogen and oxygen atoms in total. The average Bonchev–Trinajstić information content (AvgIpc) is 2.95. The van der Waals surface area contributed by atoms with Gasteiger partial charge in [-0.25, -0.2) is 14.4 Å². The maximum Gasteiger partial charge on any atom is 0.338 e. The lowest BCUT2D eigenvalue weighted by atomic mass is 9.91. The number of anilines is 2. The normalized spacial score (nSPS) is 15.0. The molecule has 3 aromatic carbocycles. The molecule has 0 spiro atoms. The van der Waals surface area contributed by atoms with Crippen molar-refractivity contribution in [1.29, 1.82) is 0 Å². The van der Waals surface area contributed by atoms with E-state index in [1.807, 2.05) is 67.6 Å². The molecule has 1 aliphatic heterocycles. The second kappa shape index (κ2) is 12.8. The number of nitrogens with one attached hydrogen (secondary N) is 3. The van der Waals surface area contributed by atoms with Crippen molar-refractivity contribution in [3.63, 3.8) is 0 Å². The summed E-state index contributed by atoms with van der Waals surface area (Å²) in [7, 11) is 0. The summed E-state index contributed by atoms with van der Waals surface area (Å²) in [6.45, 7) is 6.43. The van der Waals surface area contributed by atoms with E-state index in [1.54, 1.807) is 30.0 Å². The van der Waals surface area contributed by atoms with Crippen LogP contribution < -0.4 is 16.0 Å². The minimum absolute atomic E-state index is 0.194. The number of hydrogen-bond donors (Lipinski definition) is 3. The van der Waals surface area contributed by atoms with Gasteiger partial charge in [0, 0.05) is 17.9 Å². The molecule has 1 heterocycles. The summed E-state index contributed by atoms with van der Waals surface area (Å²) in [6, 6.07) is 22.7. The van der Waals surface area contributed by atoms with Crippen molar-refractivity contribution in [2.45, 2.75) is 39.7 Å². The molecule has 0 fully saturated rings. The fraction of sp³-hybridized carbons (Fsp3) is 0.258. The summed E-state index contributed by atoms with van der Waals surface area (Å²) < 4.78 is 5.47. The first-order valence-corrected chi connectivity index (χ1v) is 13.3. The molecule has 0 radical (unpaired) electrons. The molecular formula is C31H34N4O4. The maximum atomic E-state index is 13.4. The molecule has 3 N–H and O–H groups in total. The summed E-state index contributed by atoms with van der Waals surface area (Å²) in [5, 5.41) is 8.66. The highest BCUT2D eigenvalue weighted by molar-refractivity contribution is 6.05. The molecule has 4 amide bonds. The van der Waals surface area contributed by atoms with Crippen LogP contribution in [0.15, 0.2) is 84.4 Å². The predicted octanol–water partition coefficient (Wildman–Crippen LogP) is 6.34. The van der Waals surface area contributed by atoms with Crippen molar-refractivity contribution >= 4 is 35.1 Å². The van der Waals surface area contributed by atoms with E-state index >= 15 is 0 Å². The quantitative estimate of drug-likeness (QED) is 0.283. The number of ether oxygens (including phenoxy) is 1. The van der Waals surface area contributed by atoms with Gasteiger partial charge in [-0.1, -0.05) is 68.4 Å². The van der Waals surface area contributed by atoms with E-state index in [2.05, 4.69) is 22.9 Å². The number of urea groups is 2. The van der Waals surface area contributed by atoms with Crippen LogP contribution in [0.1, 0.15) is 49.9 Å². The van der Waals surface area contributed by atoms with E-state index in [4.69, 9.17) is 4.74 Å². The van der Waals surface area contributed by atoms with Gasteiger partial charge in [0.15, 0.2) is 0 Å². The average molecular weight is 527 g/mol. The highest BCUT2D eigenvalue weighted by Crippen LogP contribution is 2.37. The Morgan fingerprint density at radius 2 is 1.62 bits per heavy atom. The number of rotatable bonds is 9. The van der Waals surface area contributed by atoms with Gasteiger partial charge in [-0.15, -0.1) is 0 Å². The van der Waals surface area contributed by atoms with Crippen LogP contribution in [0.3, 0.4) is 0 Å². The third kappa shape index (κ3) is 6.46. The minimum Gasteiger partial charge on any atom is -0.463 e. The Kier molecular flexibility index (Phi) is 8.99. The Labute approximate surface area is 229 Å². The van der Waals surface area contributed by atoms with Crippen molar-refractivity contribution in [3.8, 4) is 0 Å². The van der Waals surface area contributed by atoms with E-state index in [-0.39, 0.29) is 12.6 Å². The Hall–Kier alpha value is -4.59. The second-order valence-corrected chi connectivity index (χ2v) is 9.14. The van der Waals surface area contributed by atoms with Crippen molar-refractivity contribution in [2.24, 2.45) is 0 Å². The zero-order valence-corrected chi connectivity index (χ0v) is 22.5. The molecule has 0 aromatic heterocycles. The first-order valence-electron chi connectivity index (χ1n) is 13.3. The summed E-state index contributed by atoms with van der Waals surface area (Å²) >= 11 is 0. The SMILES string of the molecule is CCCN1C(=O)NC(c2cccc(NC(=O)Nc3ccc(CC)cc3)c2)C(C(=O)OCC)=C1c1ccccc1. The molecule has 4 rings (SSSR count). The standard InChI is InChI=1S/C31H34N4O4/c1-4-19-35-28(22-11-8-7-9-12-22)26(29(36)39-6-3)27(34-31(35)38)23-13-10-14-25(20-23)33-30(37)32-24-17-15-21(5-2)16-18-24/h7-18,20,27H,4-6,19H2,1-3H3,(H,34,38)(H2,32,33,37). The van der Waals surface area contributed by atoms with E-state index in [0.29, 0.717) is 41.2 Å². The Bertz CT molecular complexity index is 1350. The predicted molar refractivity (Wildman–Crippen MR) is 153 cm³/mol. The van der Waals surface area contributed by atoms with Gasteiger partial charge in [-0.2, -0.15) is 0 Å². The van der Waals surface area contributed by atoms with Crippen LogP contribution in [0, 0.1) is 0 Å². The molecule has 1 aliphatic rings. The Morgan fingerprint density at radius 1 is 0.897 bits per heavy atom. The fourth-order valence-electron chi connectivity index (χ4n) is 4.59. The number of esters is 1. The molecule has 0 saturated carbocycles. The van der Waals surface area contributed by atoms with Gasteiger partial charge in [0.1, 0.15) is 0 Å². The molecule has 0 saturated heterocycles. The lowest BCUT2D eigenvalue weighted by Gasteiger charge is -2.37. The number of benzene rings is 3.